The Labute approximate surface area is 120 Å². The maximum Gasteiger partial charge on any atom is 0.00720 e. The third-order valence-electron chi connectivity index (χ3n) is 3.27. The SMILES string of the molecule is CCSc1ccc(C(CN)Cc2ccccc2)cc1. The van der Waals surface area contributed by atoms with Crippen LogP contribution < -0.4 is 5.73 Å². The van der Waals surface area contributed by atoms with Gasteiger partial charge in [-0.1, -0.05) is 49.4 Å². The highest BCUT2D eigenvalue weighted by Crippen LogP contribution is 2.24. The van der Waals surface area contributed by atoms with Gasteiger partial charge in [-0.2, -0.15) is 0 Å². The molecule has 19 heavy (non-hydrogen) atoms. The highest BCUT2D eigenvalue weighted by atomic mass is 32.2. The number of hydrogen-bond acceptors (Lipinski definition) is 2. The first-order valence-electron chi connectivity index (χ1n) is 6.80. The fraction of sp³-hybridized carbons (Fsp3) is 0.294. The first-order chi connectivity index (χ1) is 9.33. The molecule has 0 aliphatic carbocycles. The van der Waals surface area contributed by atoms with E-state index in [1.807, 2.05) is 11.8 Å². The van der Waals surface area contributed by atoms with Crippen LogP contribution >= 0.6 is 11.8 Å². The van der Waals surface area contributed by atoms with E-state index in [2.05, 4.69) is 61.5 Å². The molecule has 2 aromatic rings. The largest absolute Gasteiger partial charge is 0.330 e. The van der Waals surface area contributed by atoms with Crippen LogP contribution in [0.4, 0.5) is 0 Å². The molecule has 0 heterocycles. The van der Waals surface area contributed by atoms with Crippen molar-refractivity contribution in [1.82, 2.24) is 0 Å². The molecule has 0 saturated carbocycles. The zero-order chi connectivity index (χ0) is 13.5. The molecule has 0 fully saturated rings. The van der Waals surface area contributed by atoms with E-state index in [9.17, 15) is 0 Å². The van der Waals surface area contributed by atoms with Gasteiger partial charge in [-0.3, -0.25) is 0 Å². The van der Waals surface area contributed by atoms with Crippen molar-refractivity contribution in [2.24, 2.45) is 5.73 Å². The van der Waals surface area contributed by atoms with Gasteiger partial charge in [0.15, 0.2) is 0 Å². The van der Waals surface area contributed by atoms with Crippen molar-refractivity contribution in [1.29, 1.82) is 0 Å². The summed E-state index contributed by atoms with van der Waals surface area (Å²) in [5, 5.41) is 0. The summed E-state index contributed by atoms with van der Waals surface area (Å²) in [6, 6.07) is 19.4. The summed E-state index contributed by atoms with van der Waals surface area (Å²) in [4.78, 5) is 1.33. The van der Waals surface area contributed by atoms with Gasteiger partial charge in [-0.15, -0.1) is 11.8 Å². The molecule has 0 aromatic heterocycles. The number of hydrogen-bond donors (Lipinski definition) is 1. The Hall–Kier alpha value is -1.25. The van der Waals surface area contributed by atoms with E-state index in [1.165, 1.54) is 16.0 Å². The second-order valence-corrected chi connectivity index (χ2v) is 5.96. The maximum absolute atomic E-state index is 5.94. The van der Waals surface area contributed by atoms with E-state index in [0.29, 0.717) is 12.5 Å². The predicted octanol–water partition coefficient (Wildman–Crippen LogP) is 4.08. The van der Waals surface area contributed by atoms with Crippen LogP contribution in [0.15, 0.2) is 59.5 Å². The third-order valence-corrected chi connectivity index (χ3v) is 4.17. The molecule has 0 aliphatic heterocycles. The van der Waals surface area contributed by atoms with Gasteiger partial charge >= 0.3 is 0 Å². The molecular weight excluding hydrogens is 250 g/mol. The van der Waals surface area contributed by atoms with Crippen LogP contribution in [0.25, 0.3) is 0 Å². The van der Waals surface area contributed by atoms with Crippen LogP contribution in [0.5, 0.6) is 0 Å². The topological polar surface area (TPSA) is 26.0 Å². The van der Waals surface area contributed by atoms with Gasteiger partial charge in [-0.25, -0.2) is 0 Å². The molecule has 2 heteroatoms. The molecule has 0 bridgehead atoms. The molecule has 1 atom stereocenters. The zero-order valence-electron chi connectivity index (χ0n) is 11.4. The van der Waals surface area contributed by atoms with E-state index < -0.39 is 0 Å². The molecule has 1 unspecified atom stereocenters. The molecule has 0 aliphatic rings. The molecule has 2 N–H and O–H groups in total. The van der Waals surface area contributed by atoms with Crippen LogP contribution in [-0.2, 0) is 6.42 Å². The van der Waals surface area contributed by atoms with Crippen molar-refractivity contribution >= 4 is 11.8 Å². The number of thioether (sulfide) groups is 1. The fourth-order valence-electron chi connectivity index (χ4n) is 2.24. The molecule has 100 valence electrons. The second-order valence-electron chi connectivity index (χ2n) is 4.62. The summed E-state index contributed by atoms with van der Waals surface area (Å²) in [5.41, 5.74) is 8.64. The number of nitrogens with two attached hydrogens (primary N) is 1. The summed E-state index contributed by atoms with van der Waals surface area (Å²) in [6.45, 7) is 2.87. The lowest BCUT2D eigenvalue weighted by Gasteiger charge is -2.15. The van der Waals surface area contributed by atoms with Crippen LogP contribution in [0, 0.1) is 0 Å². The van der Waals surface area contributed by atoms with E-state index in [4.69, 9.17) is 5.73 Å². The standard InChI is InChI=1S/C17H21NS/c1-2-19-17-10-8-15(9-11-17)16(13-18)12-14-6-4-3-5-7-14/h3-11,16H,2,12-13,18H2,1H3. The summed E-state index contributed by atoms with van der Waals surface area (Å²) in [5.74, 6) is 1.52. The molecule has 2 aromatic carbocycles. The van der Waals surface area contributed by atoms with E-state index in [-0.39, 0.29) is 0 Å². The van der Waals surface area contributed by atoms with Crippen LogP contribution in [0.2, 0.25) is 0 Å². The Balaban J connectivity index is 2.08. The van der Waals surface area contributed by atoms with Gasteiger partial charge < -0.3 is 5.73 Å². The van der Waals surface area contributed by atoms with Crippen molar-refractivity contribution in [2.45, 2.75) is 24.2 Å². The van der Waals surface area contributed by atoms with Gasteiger partial charge in [0.1, 0.15) is 0 Å². The van der Waals surface area contributed by atoms with Crippen molar-refractivity contribution < 1.29 is 0 Å². The Morgan fingerprint density at radius 2 is 1.68 bits per heavy atom. The Morgan fingerprint density at radius 1 is 1.00 bits per heavy atom. The lowest BCUT2D eigenvalue weighted by molar-refractivity contribution is 0.694. The normalized spacial score (nSPS) is 12.3. The van der Waals surface area contributed by atoms with Crippen LogP contribution in [0.3, 0.4) is 0 Å². The van der Waals surface area contributed by atoms with Gasteiger partial charge in [0, 0.05) is 10.8 Å². The minimum absolute atomic E-state index is 0.406. The number of rotatable bonds is 6. The van der Waals surface area contributed by atoms with Crippen molar-refractivity contribution in [3.05, 3.63) is 65.7 Å². The molecule has 0 saturated heterocycles. The zero-order valence-corrected chi connectivity index (χ0v) is 12.2. The van der Waals surface area contributed by atoms with Gasteiger partial charge in [0.05, 0.1) is 0 Å². The number of benzene rings is 2. The minimum atomic E-state index is 0.406. The van der Waals surface area contributed by atoms with Gasteiger partial charge in [0.2, 0.25) is 0 Å². The smallest absolute Gasteiger partial charge is 0.00720 e. The molecule has 0 spiro atoms. The molecule has 0 amide bonds. The highest BCUT2D eigenvalue weighted by Gasteiger charge is 2.10. The summed E-state index contributed by atoms with van der Waals surface area (Å²) >= 11 is 1.88. The first-order valence-corrected chi connectivity index (χ1v) is 7.78. The van der Waals surface area contributed by atoms with E-state index >= 15 is 0 Å². The Morgan fingerprint density at radius 3 is 2.26 bits per heavy atom. The van der Waals surface area contributed by atoms with Crippen molar-refractivity contribution in [2.75, 3.05) is 12.3 Å². The fourth-order valence-corrected chi connectivity index (χ4v) is 2.90. The lowest BCUT2D eigenvalue weighted by atomic mass is 9.92. The average Bonchev–Trinajstić information content (AvgIpc) is 2.47. The van der Waals surface area contributed by atoms with Crippen LogP contribution in [-0.4, -0.2) is 12.3 Å². The van der Waals surface area contributed by atoms with Gasteiger partial charge in [0.25, 0.3) is 0 Å². The second kappa shape index (κ2) is 7.37. The molecule has 1 nitrogen and oxygen atoms in total. The Bertz CT molecular complexity index is 478. The van der Waals surface area contributed by atoms with Crippen LogP contribution in [0.1, 0.15) is 24.0 Å². The summed E-state index contributed by atoms with van der Waals surface area (Å²) in [6.07, 6.45) is 1.01. The minimum Gasteiger partial charge on any atom is -0.330 e. The summed E-state index contributed by atoms with van der Waals surface area (Å²) in [7, 11) is 0. The molecule has 0 radical (unpaired) electrons. The van der Waals surface area contributed by atoms with Gasteiger partial charge in [-0.05, 0) is 42.0 Å². The molecular formula is C17H21NS. The summed E-state index contributed by atoms with van der Waals surface area (Å²) < 4.78 is 0. The van der Waals surface area contributed by atoms with Crippen molar-refractivity contribution in [3.63, 3.8) is 0 Å². The first kappa shape index (κ1) is 14.2. The highest BCUT2D eigenvalue weighted by molar-refractivity contribution is 7.99. The van der Waals surface area contributed by atoms with Crippen molar-refractivity contribution in [3.8, 4) is 0 Å². The van der Waals surface area contributed by atoms with E-state index in [1.54, 1.807) is 0 Å². The average molecular weight is 271 g/mol. The third kappa shape index (κ3) is 4.12. The molecule has 2 rings (SSSR count). The quantitative estimate of drug-likeness (QED) is 0.801. The Kier molecular flexibility index (Phi) is 5.49. The monoisotopic (exact) mass is 271 g/mol. The predicted molar refractivity (Wildman–Crippen MR) is 84.8 cm³/mol. The maximum atomic E-state index is 5.94. The van der Waals surface area contributed by atoms with E-state index in [0.717, 1.165) is 12.2 Å². The lowest BCUT2D eigenvalue weighted by Crippen LogP contribution is -2.15.